The molecule has 1 aromatic rings. The smallest absolute Gasteiger partial charge is 0.289 e. The van der Waals surface area contributed by atoms with Crippen LogP contribution in [0.4, 0.5) is 11.4 Å². The Balaban J connectivity index is 3.06. The Morgan fingerprint density at radius 2 is 2.28 bits per heavy atom. The zero-order chi connectivity index (χ0) is 13.5. The maximum Gasteiger partial charge on any atom is 0.289 e. The second kappa shape index (κ2) is 6.57. The first-order valence-corrected chi connectivity index (χ1v) is 5.68. The van der Waals surface area contributed by atoms with Crippen LogP contribution in [0.15, 0.2) is 18.2 Å². The van der Waals surface area contributed by atoms with Gasteiger partial charge in [-0.05, 0) is 25.5 Å². The molecule has 0 unspecified atom stereocenters. The average Bonchev–Trinajstić information content (AvgIpc) is 2.39. The fraction of sp³-hybridized carbons (Fsp3) is 0.417. The number of nitro benzene ring substituents is 1. The summed E-state index contributed by atoms with van der Waals surface area (Å²) >= 11 is 0. The molecule has 1 aromatic carbocycles. The Hall–Kier alpha value is -2.13. The molecule has 0 bridgehead atoms. The van der Waals surface area contributed by atoms with Crippen LogP contribution in [0.3, 0.4) is 0 Å². The van der Waals surface area contributed by atoms with Gasteiger partial charge in [0.05, 0.1) is 4.92 Å². The maximum atomic E-state index is 10.9. The molecule has 0 saturated carbocycles. The fourth-order valence-electron chi connectivity index (χ4n) is 1.69. The molecule has 0 amide bonds. The molecule has 0 atom stereocenters. The standard InChI is InChI=1S/C12H15N3O3/c1-2-14(6-3-7-16)11-5-4-10(9-13)12(8-11)15(17)18/h4-5,8,16H,2-3,6-7H2,1H3. The Morgan fingerprint density at radius 1 is 1.56 bits per heavy atom. The minimum Gasteiger partial charge on any atom is -0.396 e. The van der Waals surface area contributed by atoms with Gasteiger partial charge < -0.3 is 10.0 Å². The van der Waals surface area contributed by atoms with Crippen LogP contribution in [0.2, 0.25) is 0 Å². The highest BCUT2D eigenvalue weighted by molar-refractivity contribution is 5.60. The number of anilines is 1. The highest BCUT2D eigenvalue weighted by Crippen LogP contribution is 2.25. The van der Waals surface area contributed by atoms with Crippen LogP contribution in [0.25, 0.3) is 0 Å². The number of aliphatic hydroxyl groups is 1. The number of benzene rings is 1. The lowest BCUT2D eigenvalue weighted by Gasteiger charge is -2.22. The van der Waals surface area contributed by atoms with Crippen LogP contribution in [-0.2, 0) is 0 Å². The molecule has 0 aliphatic rings. The predicted molar refractivity (Wildman–Crippen MR) is 67.4 cm³/mol. The van der Waals surface area contributed by atoms with E-state index in [4.69, 9.17) is 10.4 Å². The zero-order valence-electron chi connectivity index (χ0n) is 10.2. The Morgan fingerprint density at radius 3 is 2.78 bits per heavy atom. The number of hydrogen-bond acceptors (Lipinski definition) is 5. The number of nitrogens with zero attached hydrogens (tertiary/aromatic N) is 3. The number of aliphatic hydroxyl groups excluding tert-OH is 1. The van der Waals surface area contributed by atoms with E-state index in [0.29, 0.717) is 25.2 Å². The highest BCUT2D eigenvalue weighted by Gasteiger charge is 2.16. The van der Waals surface area contributed by atoms with Crippen LogP contribution in [-0.4, -0.2) is 29.7 Å². The first kappa shape index (κ1) is 13.9. The molecule has 0 spiro atoms. The average molecular weight is 249 g/mol. The Labute approximate surface area is 105 Å². The van der Waals surface area contributed by atoms with Gasteiger partial charge >= 0.3 is 0 Å². The van der Waals surface area contributed by atoms with Crippen LogP contribution in [0.1, 0.15) is 18.9 Å². The van der Waals surface area contributed by atoms with E-state index in [9.17, 15) is 10.1 Å². The van der Waals surface area contributed by atoms with Crippen molar-refractivity contribution in [3.05, 3.63) is 33.9 Å². The predicted octanol–water partition coefficient (Wildman–Crippen LogP) is 1.68. The minimum atomic E-state index is -0.554. The van der Waals surface area contributed by atoms with E-state index in [2.05, 4.69) is 0 Å². The van der Waals surface area contributed by atoms with Crippen molar-refractivity contribution >= 4 is 11.4 Å². The summed E-state index contributed by atoms with van der Waals surface area (Å²) in [6.45, 7) is 3.31. The lowest BCUT2D eigenvalue weighted by Crippen LogP contribution is -2.24. The first-order valence-electron chi connectivity index (χ1n) is 5.68. The second-order valence-electron chi connectivity index (χ2n) is 3.73. The Kier molecular flexibility index (Phi) is 5.08. The SMILES string of the molecule is CCN(CCCO)c1ccc(C#N)c([N+](=O)[O-])c1. The molecule has 0 saturated heterocycles. The topological polar surface area (TPSA) is 90.4 Å². The number of nitro groups is 1. The summed E-state index contributed by atoms with van der Waals surface area (Å²) in [6.07, 6.45) is 0.599. The molecular formula is C12H15N3O3. The third-order valence-corrected chi connectivity index (χ3v) is 2.63. The summed E-state index contributed by atoms with van der Waals surface area (Å²) in [5.74, 6) is 0. The third kappa shape index (κ3) is 3.18. The summed E-state index contributed by atoms with van der Waals surface area (Å²) in [6, 6.07) is 6.35. The molecule has 0 heterocycles. The molecule has 1 N–H and O–H groups in total. The normalized spacial score (nSPS) is 9.83. The summed E-state index contributed by atoms with van der Waals surface area (Å²) in [5, 5.41) is 28.5. The molecule has 0 aliphatic carbocycles. The molecule has 0 aliphatic heterocycles. The van der Waals surface area contributed by atoms with Gasteiger partial charge in [0.25, 0.3) is 5.69 Å². The molecule has 6 heteroatoms. The summed E-state index contributed by atoms with van der Waals surface area (Å²) in [7, 11) is 0. The van der Waals surface area contributed by atoms with Crippen molar-refractivity contribution in [3.63, 3.8) is 0 Å². The van der Waals surface area contributed by atoms with Crippen molar-refractivity contribution in [3.8, 4) is 6.07 Å². The molecule has 6 nitrogen and oxygen atoms in total. The van der Waals surface area contributed by atoms with Gasteiger partial charge in [0, 0.05) is 31.5 Å². The number of rotatable bonds is 6. The monoisotopic (exact) mass is 249 g/mol. The molecule has 0 aromatic heterocycles. The van der Waals surface area contributed by atoms with Gasteiger partial charge in [-0.2, -0.15) is 5.26 Å². The van der Waals surface area contributed by atoms with E-state index >= 15 is 0 Å². The van der Waals surface area contributed by atoms with E-state index in [1.54, 1.807) is 12.1 Å². The number of nitriles is 1. The number of hydrogen-bond donors (Lipinski definition) is 1. The Bertz CT molecular complexity index is 468. The van der Waals surface area contributed by atoms with Crippen molar-refractivity contribution in [2.45, 2.75) is 13.3 Å². The fourth-order valence-corrected chi connectivity index (χ4v) is 1.69. The lowest BCUT2D eigenvalue weighted by molar-refractivity contribution is -0.385. The zero-order valence-corrected chi connectivity index (χ0v) is 10.2. The molecule has 0 radical (unpaired) electrons. The van der Waals surface area contributed by atoms with Gasteiger partial charge in [0.1, 0.15) is 11.6 Å². The molecule has 1 rings (SSSR count). The van der Waals surface area contributed by atoms with Crippen LogP contribution >= 0.6 is 0 Å². The summed E-state index contributed by atoms with van der Waals surface area (Å²) in [5.41, 5.74) is 0.566. The second-order valence-corrected chi connectivity index (χ2v) is 3.73. The summed E-state index contributed by atoms with van der Waals surface area (Å²) in [4.78, 5) is 12.2. The first-order chi connectivity index (χ1) is 8.63. The maximum absolute atomic E-state index is 10.9. The van der Waals surface area contributed by atoms with Crippen LogP contribution in [0, 0.1) is 21.4 Å². The molecule has 18 heavy (non-hydrogen) atoms. The quantitative estimate of drug-likeness (QED) is 0.611. The van der Waals surface area contributed by atoms with Crippen molar-refractivity contribution in [2.75, 3.05) is 24.6 Å². The molecular weight excluding hydrogens is 234 g/mol. The van der Waals surface area contributed by atoms with Gasteiger partial charge in [0.15, 0.2) is 0 Å². The van der Waals surface area contributed by atoms with Crippen molar-refractivity contribution < 1.29 is 10.0 Å². The third-order valence-electron chi connectivity index (χ3n) is 2.63. The summed E-state index contributed by atoms with van der Waals surface area (Å²) < 4.78 is 0. The van der Waals surface area contributed by atoms with Gasteiger partial charge in [-0.1, -0.05) is 0 Å². The minimum absolute atomic E-state index is 0.0574. The van der Waals surface area contributed by atoms with Crippen molar-refractivity contribution in [2.24, 2.45) is 0 Å². The van der Waals surface area contributed by atoms with Crippen LogP contribution < -0.4 is 4.90 Å². The van der Waals surface area contributed by atoms with E-state index in [1.165, 1.54) is 12.1 Å². The van der Waals surface area contributed by atoms with E-state index in [1.807, 2.05) is 11.8 Å². The van der Waals surface area contributed by atoms with E-state index in [-0.39, 0.29) is 17.9 Å². The van der Waals surface area contributed by atoms with Crippen molar-refractivity contribution in [1.82, 2.24) is 0 Å². The largest absolute Gasteiger partial charge is 0.396 e. The molecule has 0 fully saturated rings. The van der Waals surface area contributed by atoms with Crippen LogP contribution in [0.5, 0.6) is 0 Å². The van der Waals surface area contributed by atoms with Gasteiger partial charge in [0.2, 0.25) is 0 Å². The van der Waals surface area contributed by atoms with Gasteiger partial charge in [-0.15, -0.1) is 0 Å². The van der Waals surface area contributed by atoms with Gasteiger partial charge in [-0.3, -0.25) is 10.1 Å². The highest BCUT2D eigenvalue weighted by atomic mass is 16.6. The lowest BCUT2D eigenvalue weighted by atomic mass is 10.1. The van der Waals surface area contributed by atoms with E-state index in [0.717, 1.165) is 0 Å². The van der Waals surface area contributed by atoms with Gasteiger partial charge in [-0.25, -0.2) is 0 Å². The van der Waals surface area contributed by atoms with E-state index < -0.39 is 4.92 Å². The van der Waals surface area contributed by atoms with Crippen molar-refractivity contribution in [1.29, 1.82) is 5.26 Å². The molecule has 96 valence electrons.